The first-order valence-electron chi connectivity index (χ1n) is 3.24. The van der Waals surface area contributed by atoms with Gasteiger partial charge in [-0.05, 0) is 22.6 Å². The van der Waals surface area contributed by atoms with E-state index in [1.165, 1.54) is 6.20 Å². The molecule has 0 unspecified atom stereocenters. The van der Waals surface area contributed by atoms with Gasteiger partial charge >= 0.3 is 0 Å². The Labute approximate surface area is 97.6 Å². The standard InChI is InChI=1S/C7H4Cl2F2IN/c8-1-3-2-13-7(12)4(5(3)9)6(10)11/h2,6H,1H2. The van der Waals surface area contributed by atoms with Crippen molar-refractivity contribution >= 4 is 45.8 Å². The Balaban J connectivity index is 3.30. The summed E-state index contributed by atoms with van der Waals surface area (Å²) in [7, 11) is 0. The van der Waals surface area contributed by atoms with Crippen LogP contribution in [0.3, 0.4) is 0 Å². The largest absolute Gasteiger partial charge is 0.267 e. The molecule has 0 aromatic carbocycles. The molecule has 0 spiro atoms. The van der Waals surface area contributed by atoms with Gasteiger partial charge in [0, 0.05) is 11.8 Å². The van der Waals surface area contributed by atoms with Crippen LogP contribution in [0.4, 0.5) is 8.78 Å². The molecule has 0 saturated carbocycles. The SMILES string of the molecule is FC(F)c1c(I)ncc(CCl)c1Cl. The summed E-state index contributed by atoms with van der Waals surface area (Å²) in [6.45, 7) is 0. The number of hydrogen-bond acceptors (Lipinski definition) is 1. The van der Waals surface area contributed by atoms with Crippen molar-refractivity contribution in [1.29, 1.82) is 0 Å². The number of aromatic nitrogens is 1. The minimum absolute atomic E-state index is 0.0180. The molecule has 1 rings (SSSR count). The van der Waals surface area contributed by atoms with E-state index in [9.17, 15) is 8.78 Å². The predicted octanol–water partition coefficient (Wildman–Crippen LogP) is 4.02. The zero-order valence-corrected chi connectivity index (χ0v) is 9.87. The van der Waals surface area contributed by atoms with E-state index in [-0.39, 0.29) is 20.2 Å². The van der Waals surface area contributed by atoms with Crippen molar-refractivity contribution < 1.29 is 8.78 Å². The lowest BCUT2D eigenvalue weighted by molar-refractivity contribution is 0.150. The van der Waals surface area contributed by atoms with Crippen molar-refractivity contribution in [3.8, 4) is 0 Å². The molecule has 0 aliphatic carbocycles. The van der Waals surface area contributed by atoms with Gasteiger partial charge in [0.2, 0.25) is 0 Å². The summed E-state index contributed by atoms with van der Waals surface area (Å²) in [4.78, 5) is 3.77. The van der Waals surface area contributed by atoms with Crippen LogP contribution in [-0.2, 0) is 5.88 Å². The minimum Gasteiger partial charge on any atom is -0.249 e. The van der Waals surface area contributed by atoms with E-state index >= 15 is 0 Å². The Morgan fingerprint density at radius 3 is 2.62 bits per heavy atom. The summed E-state index contributed by atoms with van der Waals surface area (Å²) in [6.07, 6.45) is -1.21. The van der Waals surface area contributed by atoms with Gasteiger partial charge in [-0.1, -0.05) is 11.6 Å². The van der Waals surface area contributed by atoms with Gasteiger partial charge in [-0.2, -0.15) is 0 Å². The maximum absolute atomic E-state index is 12.4. The lowest BCUT2D eigenvalue weighted by Crippen LogP contribution is -1.97. The first-order valence-corrected chi connectivity index (χ1v) is 5.24. The third-order valence-electron chi connectivity index (χ3n) is 1.44. The average molecular weight is 338 g/mol. The molecule has 72 valence electrons. The molecule has 1 aromatic heterocycles. The monoisotopic (exact) mass is 337 g/mol. The number of rotatable bonds is 2. The lowest BCUT2D eigenvalue weighted by Gasteiger charge is -2.07. The molecule has 0 amide bonds. The van der Waals surface area contributed by atoms with Gasteiger partial charge in [-0.3, -0.25) is 0 Å². The van der Waals surface area contributed by atoms with E-state index in [0.29, 0.717) is 5.56 Å². The van der Waals surface area contributed by atoms with E-state index in [0.717, 1.165) is 0 Å². The highest BCUT2D eigenvalue weighted by Gasteiger charge is 2.19. The van der Waals surface area contributed by atoms with Gasteiger partial charge in [0.25, 0.3) is 6.43 Å². The molecule has 0 saturated heterocycles. The molecule has 1 aromatic rings. The second-order valence-corrected chi connectivity index (χ2v) is 3.90. The maximum Gasteiger partial charge on any atom is 0.267 e. The third kappa shape index (κ3) is 2.41. The number of hydrogen-bond donors (Lipinski definition) is 0. The normalized spacial score (nSPS) is 10.9. The Hall–Kier alpha value is 0.320. The molecule has 0 fully saturated rings. The molecule has 0 radical (unpaired) electrons. The van der Waals surface area contributed by atoms with Crippen LogP contribution in [0.1, 0.15) is 17.6 Å². The number of halogens is 5. The molecular weight excluding hydrogens is 334 g/mol. The van der Waals surface area contributed by atoms with Crippen LogP contribution in [0.5, 0.6) is 0 Å². The first kappa shape index (κ1) is 11.4. The molecule has 0 atom stereocenters. The zero-order valence-electron chi connectivity index (χ0n) is 6.20. The summed E-state index contributed by atoms with van der Waals surface area (Å²) in [5.41, 5.74) is 0.194. The van der Waals surface area contributed by atoms with Crippen molar-refractivity contribution in [2.24, 2.45) is 0 Å². The van der Waals surface area contributed by atoms with Gasteiger partial charge in [-0.15, -0.1) is 11.6 Å². The Morgan fingerprint density at radius 1 is 1.54 bits per heavy atom. The summed E-state index contributed by atoms with van der Waals surface area (Å²) >= 11 is 12.9. The van der Waals surface area contributed by atoms with E-state index in [1.54, 1.807) is 22.6 Å². The number of nitrogens with zero attached hydrogens (tertiary/aromatic N) is 1. The van der Waals surface area contributed by atoms with Crippen molar-refractivity contribution in [3.05, 3.63) is 26.0 Å². The van der Waals surface area contributed by atoms with Crippen molar-refractivity contribution in [1.82, 2.24) is 4.98 Å². The summed E-state index contributed by atoms with van der Waals surface area (Å²) in [5, 5.41) is 0.0180. The van der Waals surface area contributed by atoms with Crippen LogP contribution in [0.2, 0.25) is 5.02 Å². The fraction of sp³-hybridized carbons (Fsp3) is 0.286. The van der Waals surface area contributed by atoms with Gasteiger partial charge < -0.3 is 0 Å². The van der Waals surface area contributed by atoms with Gasteiger partial charge in [0.15, 0.2) is 0 Å². The third-order valence-corrected chi connectivity index (χ3v) is 3.03. The van der Waals surface area contributed by atoms with Crippen LogP contribution in [0, 0.1) is 3.70 Å². The number of pyridine rings is 1. The minimum atomic E-state index is -2.62. The van der Waals surface area contributed by atoms with E-state index in [2.05, 4.69) is 4.98 Å². The smallest absolute Gasteiger partial charge is 0.249 e. The van der Waals surface area contributed by atoms with E-state index in [1.807, 2.05) is 0 Å². The lowest BCUT2D eigenvalue weighted by atomic mass is 10.2. The fourth-order valence-corrected chi connectivity index (χ4v) is 2.17. The van der Waals surface area contributed by atoms with Gasteiger partial charge in [0.1, 0.15) is 3.70 Å². The van der Waals surface area contributed by atoms with Crippen LogP contribution in [0.25, 0.3) is 0 Å². The first-order chi connectivity index (χ1) is 6.07. The molecule has 1 nitrogen and oxygen atoms in total. The molecule has 0 N–H and O–H groups in total. The van der Waals surface area contributed by atoms with Crippen LogP contribution < -0.4 is 0 Å². The van der Waals surface area contributed by atoms with E-state index in [4.69, 9.17) is 23.2 Å². The maximum atomic E-state index is 12.4. The second-order valence-electron chi connectivity index (χ2n) is 2.24. The van der Waals surface area contributed by atoms with Gasteiger partial charge in [0.05, 0.1) is 16.5 Å². The van der Waals surface area contributed by atoms with Crippen molar-refractivity contribution in [2.45, 2.75) is 12.3 Å². The van der Waals surface area contributed by atoms with E-state index < -0.39 is 6.43 Å². The quantitative estimate of drug-likeness (QED) is 0.451. The molecule has 0 aliphatic rings. The average Bonchev–Trinajstić information content (AvgIpc) is 2.04. The zero-order chi connectivity index (χ0) is 10.0. The molecule has 13 heavy (non-hydrogen) atoms. The van der Waals surface area contributed by atoms with Crippen molar-refractivity contribution in [2.75, 3.05) is 0 Å². The molecule has 0 bridgehead atoms. The molecule has 0 aliphatic heterocycles. The topological polar surface area (TPSA) is 12.9 Å². The highest BCUT2D eigenvalue weighted by molar-refractivity contribution is 14.1. The van der Waals surface area contributed by atoms with Crippen molar-refractivity contribution in [3.63, 3.8) is 0 Å². The van der Waals surface area contributed by atoms with Crippen LogP contribution in [-0.4, -0.2) is 4.98 Å². The summed E-state index contributed by atoms with van der Waals surface area (Å²) in [5.74, 6) is 0.0858. The Morgan fingerprint density at radius 2 is 2.15 bits per heavy atom. The molecule has 1 heterocycles. The summed E-state index contributed by atoms with van der Waals surface area (Å²) in [6, 6.07) is 0. The molecule has 6 heteroatoms. The Kier molecular flexibility index (Phi) is 4.12. The number of alkyl halides is 3. The Bertz CT molecular complexity index is 320. The highest BCUT2D eigenvalue weighted by atomic mass is 127. The second kappa shape index (κ2) is 4.70. The molecular formula is C7H4Cl2F2IN. The fourth-order valence-electron chi connectivity index (χ4n) is 0.803. The van der Waals surface area contributed by atoms with Crippen LogP contribution in [0.15, 0.2) is 6.20 Å². The van der Waals surface area contributed by atoms with Gasteiger partial charge in [-0.25, -0.2) is 13.8 Å². The predicted molar refractivity (Wildman–Crippen MR) is 56.5 cm³/mol. The highest BCUT2D eigenvalue weighted by Crippen LogP contribution is 2.32. The van der Waals surface area contributed by atoms with Crippen LogP contribution >= 0.6 is 45.8 Å². The summed E-state index contributed by atoms with van der Waals surface area (Å²) < 4.78 is 25.1.